The van der Waals surface area contributed by atoms with Crippen LogP contribution in [0.2, 0.25) is 0 Å². The van der Waals surface area contributed by atoms with Gasteiger partial charge >= 0.3 is 0 Å². The third-order valence-electron chi connectivity index (χ3n) is 3.30. The van der Waals surface area contributed by atoms with Crippen molar-refractivity contribution < 1.29 is 14.3 Å². The molecule has 0 aliphatic heterocycles. The fourth-order valence-corrected chi connectivity index (χ4v) is 2.09. The third-order valence-corrected chi connectivity index (χ3v) is 3.30. The highest BCUT2D eigenvalue weighted by molar-refractivity contribution is 5.97. The number of rotatable bonds is 7. The Kier molecular flexibility index (Phi) is 5.74. The Morgan fingerprint density at radius 2 is 1.78 bits per heavy atom. The van der Waals surface area contributed by atoms with Crippen LogP contribution in [0.4, 0.5) is 11.4 Å². The van der Waals surface area contributed by atoms with Crippen molar-refractivity contribution in [1.29, 1.82) is 0 Å². The lowest BCUT2D eigenvalue weighted by Gasteiger charge is -2.09. The monoisotopic (exact) mass is 312 g/mol. The van der Waals surface area contributed by atoms with Crippen molar-refractivity contribution in [3.05, 3.63) is 54.1 Å². The number of nitrogens with one attached hydrogen (secondary N) is 2. The van der Waals surface area contributed by atoms with Gasteiger partial charge in [0.05, 0.1) is 7.11 Å². The van der Waals surface area contributed by atoms with Gasteiger partial charge < -0.3 is 15.4 Å². The van der Waals surface area contributed by atoms with E-state index in [1.807, 2.05) is 24.3 Å². The normalized spacial score (nSPS) is 10.0. The summed E-state index contributed by atoms with van der Waals surface area (Å²) >= 11 is 0. The van der Waals surface area contributed by atoms with Gasteiger partial charge in [0.15, 0.2) is 5.78 Å². The molecular weight excluding hydrogens is 292 g/mol. The van der Waals surface area contributed by atoms with Crippen LogP contribution in [0.3, 0.4) is 0 Å². The van der Waals surface area contributed by atoms with Crippen molar-refractivity contribution in [3.8, 4) is 5.75 Å². The van der Waals surface area contributed by atoms with Gasteiger partial charge in [0.2, 0.25) is 5.91 Å². The van der Waals surface area contributed by atoms with Crippen LogP contribution in [0.1, 0.15) is 23.7 Å². The minimum absolute atomic E-state index is 0.0270. The molecule has 0 heterocycles. The van der Waals surface area contributed by atoms with Gasteiger partial charge in [-0.05, 0) is 31.2 Å². The van der Waals surface area contributed by atoms with Gasteiger partial charge in [0.1, 0.15) is 5.75 Å². The number of methoxy groups -OCH3 is 1. The number of ketones is 1. The van der Waals surface area contributed by atoms with E-state index in [9.17, 15) is 9.59 Å². The molecule has 2 rings (SSSR count). The largest absolute Gasteiger partial charge is 0.497 e. The number of hydrogen-bond acceptors (Lipinski definition) is 4. The lowest BCUT2D eigenvalue weighted by molar-refractivity contribution is -0.115. The van der Waals surface area contributed by atoms with Gasteiger partial charge in [-0.3, -0.25) is 9.59 Å². The third kappa shape index (κ3) is 5.14. The summed E-state index contributed by atoms with van der Waals surface area (Å²) in [5.74, 6) is 0.627. The summed E-state index contributed by atoms with van der Waals surface area (Å²) in [6.45, 7) is 2.00. The van der Waals surface area contributed by atoms with Crippen molar-refractivity contribution >= 4 is 23.1 Å². The van der Waals surface area contributed by atoms with Crippen LogP contribution in [-0.2, 0) is 4.79 Å². The Bertz CT molecular complexity index is 698. The molecule has 0 unspecified atom stereocenters. The van der Waals surface area contributed by atoms with Gasteiger partial charge in [-0.1, -0.05) is 18.2 Å². The number of hydrogen-bond donors (Lipinski definition) is 2. The summed E-state index contributed by atoms with van der Waals surface area (Å²) in [5, 5.41) is 5.96. The molecule has 0 aliphatic rings. The molecule has 0 radical (unpaired) electrons. The van der Waals surface area contributed by atoms with E-state index >= 15 is 0 Å². The summed E-state index contributed by atoms with van der Waals surface area (Å²) in [4.78, 5) is 23.3. The van der Waals surface area contributed by atoms with E-state index in [4.69, 9.17) is 4.74 Å². The van der Waals surface area contributed by atoms with Crippen molar-refractivity contribution in [2.45, 2.75) is 13.3 Å². The highest BCUT2D eigenvalue weighted by Crippen LogP contribution is 2.16. The summed E-state index contributed by atoms with van der Waals surface area (Å²) in [7, 11) is 1.61. The summed E-state index contributed by atoms with van der Waals surface area (Å²) in [6.07, 6.45) is 0.321. The zero-order valence-electron chi connectivity index (χ0n) is 13.3. The van der Waals surface area contributed by atoms with E-state index in [-0.39, 0.29) is 11.7 Å². The molecule has 120 valence electrons. The number of amides is 1. The minimum atomic E-state index is -0.110. The molecule has 2 N–H and O–H groups in total. The lowest BCUT2D eigenvalue weighted by Crippen LogP contribution is -2.16. The zero-order chi connectivity index (χ0) is 16.7. The number of carbonyl (C=O) groups excluding carboxylic acids is 2. The number of anilines is 2. The number of benzene rings is 2. The average molecular weight is 312 g/mol. The first-order valence-electron chi connectivity index (χ1n) is 7.37. The van der Waals surface area contributed by atoms with E-state index in [0.29, 0.717) is 24.2 Å². The predicted octanol–water partition coefficient (Wildman–Crippen LogP) is 3.34. The lowest BCUT2D eigenvalue weighted by atomic mass is 10.1. The molecule has 0 saturated carbocycles. The molecule has 0 aromatic heterocycles. The first-order chi connectivity index (χ1) is 11.1. The van der Waals surface area contributed by atoms with E-state index in [2.05, 4.69) is 10.6 Å². The Balaban J connectivity index is 1.83. The molecule has 2 aromatic rings. The second kappa shape index (κ2) is 7.98. The van der Waals surface area contributed by atoms with Crippen molar-refractivity contribution in [2.75, 3.05) is 24.3 Å². The number of ether oxygens (including phenoxy) is 1. The van der Waals surface area contributed by atoms with Gasteiger partial charge in [0, 0.05) is 36.0 Å². The van der Waals surface area contributed by atoms with Gasteiger partial charge in [-0.25, -0.2) is 0 Å². The van der Waals surface area contributed by atoms with Gasteiger partial charge in [0.25, 0.3) is 0 Å². The molecule has 5 nitrogen and oxygen atoms in total. The second-order valence-electron chi connectivity index (χ2n) is 5.09. The minimum Gasteiger partial charge on any atom is -0.497 e. The van der Waals surface area contributed by atoms with Crippen LogP contribution in [0.25, 0.3) is 0 Å². The topological polar surface area (TPSA) is 67.4 Å². The van der Waals surface area contributed by atoms with Crippen LogP contribution >= 0.6 is 0 Å². The molecule has 2 aromatic carbocycles. The SMILES string of the molecule is COc1cccc(NCCC(=O)Nc2cccc(C(C)=O)c2)c1. The first kappa shape index (κ1) is 16.5. The number of carbonyl (C=O) groups is 2. The molecule has 0 fully saturated rings. The van der Waals surface area contributed by atoms with E-state index in [0.717, 1.165) is 11.4 Å². The second-order valence-corrected chi connectivity index (χ2v) is 5.09. The number of Topliss-reactive ketones (excluding diaryl/α,β-unsaturated/α-hetero) is 1. The molecule has 0 atom stereocenters. The van der Waals surface area contributed by atoms with Crippen molar-refractivity contribution in [3.63, 3.8) is 0 Å². The highest BCUT2D eigenvalue weighted by atomic mass is 16.5. The molecule has 0 saturated heterocycles. The average Bonchev–Trinajstić information content (AvgIpc) is 2.55. The molecule has 1 amide bonds. The van der Waals surface area contributed by atoms with E-state index in [1.54, 1.807) is 31.4 Å². The molecular formula is C18H20N2O3. The first-order valence-corrected chi connectivity index (χ1v) is 7.37. The quantitative estimate of drug-likeness (QED) is 0.770. The maximum Gasteiger partial charge on any atom is 0.226 e. The zero-order valence-corrected chi connectivity index (χ0v) is 13.3. The van der Waals surface area contributed by atoms with Gasteiger partial charge in [-0.15, -0.1) is 0 Å². The summed E-state index contributed by atoms with van der Waals surface area (Å²) in [5.41, 5.74) is 2.11. The van der Waals surface area contributed by atoms with Crippen molar-refractivity contribution in [2.24, 2.45) is 0 Å². The van der Waals surface area contributed by atoms with E-state index < -0.39 is 0 Å². The predicted molar refractivity (Wildman–Crippen MR) is 91.2 cm³/mol. The Labute approximate surface area is 135 Å². The van der Waals surface area contributed by atoms with Crippen LogP contribution in [-0.4, -0.2) is 25.3 Å². The highest BCUT2D eigenvalue weighted by Gasteiger charge is 2.05. The Morgan fingerprint density at radius 3 is 2.52 bits per heavy atom. The smallest absolute Gasteiger partial charge is 0.226 e. The standard InChI is InChI=1S/C18H20N2O3/c1-13(21)14-5-3-7-16(11-14)20-18(22)9-10-19-15-6-4-8-17(12-15)23-2/h3-8,11-12,19H,9-10H2,1-2H3,(H,20,22). The van der Waals surface area contributed by atoms with Crippen LogP contribution in [0.15, 0.2) is 48.5 Å². The maximum absolute atomic E-state index is 11.9. The van der Waals surface area contributed by atoms with Crippen LogP contribution in [0.5, 0.6) is 5.75 Å². The van der Waals surface area contributed by atoms with Crippen LogP contribution in [0, 0.1) is 0 Å². The maximum atomic E-state index is 11.9. The molecule has 23 heavy (non-hydrogen) atoms. The van der Waals surface area contributed by atoms with Crippen LogP contribution < -0.4 is 15.4 Å². The van der Waals surface area contributed by atoms with Gasteiger partial charge in [-0.2, -0.15) is 0 Å². The summed E-state index contributed by atoms with van der Waals surface area (Å²) in [6, 6.07) is 14.4. The molecule has 0 bridgehead atoms. The fourth-order valence-electron chi connectivity index (χ4n) is 2.09. The van der Waals surface area contributed by atoms with Crippen molar-refractivity contribution in [1.82, 2.24) is 0 Å². The van der Waals surface area contributed by atoms with E-state index in [1.165, 1.54) is 6.92 Å². The molecule has 0 aliphatic carbocycles. The fraction of sp³-hybridized carbons (Fsp3) is 0.222. The Hall–Kier alpha value is -2.82. The Morgan fingerprint density at radius 1 is 1.04 bits per heavy atom. The summed E-state index contributed by atoms with van der Waals surface area (Å²) < 4.78 is 5.14. The molecule has 0 spiro atoms. The molecule has 5 heteroatoms.